The predicted octanol–water partition coefficient (Wildman–Crippen LogP) is 3.89. The van der Waals surface area contributed by atoms with Crippen molar-refractivity contribution in [3.05, 3.63) is 23.0 Å². The molecule has 1 aliphatic rings. The van der Waals surface area contributed by atoms with E-state index in [0.29, 0.717) is 5.92 Å². The molecule has 1 N–H and O–H groups in total. The molecule has 3 rings (SSSR count). The largest absolute Gasteiger partial charge is 0.340 e. The minimum atomic E-state index is 0.661. The molecular weight excluding hydrogens is 230 g/mol. The zero-order valence-electron chi connectivity index (χ0n) is 10.1. The summed E-state index contributed by atoms with van der Waals surface area (Å²) < 4.78 is 0. The molecule has 17 heavy (non-hydrogen) atoms. The van der Waals surface area contributed by atoms with E-state index in [2.05, 4.69) is 16.9 Å². The second-order valence-corrected chi connectivity index (χ2v) is 5.66. The van der Waals surface area contributed by atoms with Crippen molar-refractivity contribution in [1.82, 2.24) is 15.0 Å². The molecule has 0 radical (unpaired) electrons. The third-order valence-electron chi connectivity index (χ3n) is 3.55. The van der Waals surface area contributed by atoms with Gasteiger partial charge in [0.1, 0.15) is 0 Å². The zero-order valence-corrected chi connectivity index (χ0v) is 10.9. The second kappa shape index (κ2) is 4.61. The molecule has 0 saturated heterocycles. The lowest BCUT2D eigenvalue weighted by Crippen LogP contribution is -2.06. The van der Waals surface area contributed by atoms with Gasteiger partial charge >= 0.3 is 0 Å². The van der Waals surface area contributed by atoms with Crippen molar-refractivity contribution < 1.29 is 0 Å². The van der Waals surface area contributed by atoms with Crippen molar-refractivity contribution in [2.24, 2.45) is 0 Å². The summed E-state index contributed by atoms with van der Waals surface area (Å²) >= 11 is 1.64. The van der Waals surface area contributed by atoms with Gasteiger partial charge in [0, 0.05) is 23.2 Å². The highest BCUT2D eigenvalue weighted by Crippen LogP contribution is 2.34. The van der Waals surface area contributed by atoms with Crippen LogP contribution in [0, 0.1) is 6.92 Å². The average molecular weight is 247 g/mol. The van der Waals surface area contributed by atoms with Crippen LogP contribution in [0.15, 0.2) is 11.6 Å². The van der Waals surface area contributed by atoms with Crippen LogP contribution in [0.5, 0.6) is 0 Å². The molecule has 0 atom stereocenters. The molecule has 2 aromatic heterocycles. The van der Waals surface area contributed by atoms with Crippen molar-refractivity contribution in [3.63, 3.8) is 0 Å². The van der Waals surface area contributed by atoms with Crippen LogP contribution >= 0.6 is 11.3 Å². The number of hydrogen-bond donors (Lipinski definition) is 1. The minimum absolute atomic E-state index is 0.661. The van der Waals surface area contributed by atoms with Crippen molar-refractivity contribution in [3.8, 4) is 10.8 Å². The number of nitrogens with one attached hydrogen (secondary N) is 1. The van der Waals surface area contributed by atoms with Crippen LogP contribution in [0.25, 0.3) is 10.8 Å². The Labute approximate surface area is 105 Å². The summed E-state index contributed by atoms with van der Waals surface area (Å²) in [4.78, 5) is 12.5. The van der Waals surface area contributed by atoms with E-state index in [-0.39, 0.29) is 0 Å². The summed E-state index contributed by atoms with van der Waals surface area (Å²) in [6, 6.07) is 0. The quantitative estimate of drug-likeness (QED) is 0.874. The molecule has 0 amide bonds. The minimum Gasteiger partial charge on any atom is -0.340 e. The van der Waals surface area contributed by atoms with Crippen LogP contribution < -0.4 is 0 Å². The molecule has 0 bridgehead atoms. The van der Waals surface area contributed by atoms with Crippen LogP contribution in [0.4, 0.5) is 0 Å². The van der Waals surface area contributed by atoms with Crippen LogP contribution in [-0.4, -0.2) is 15.0 Å². The fraction of sp³-hybridized carbons (Fsp3) is 0.538. The number of H-pyrrole nitrogens is 1. The predicted molar refractivity (Wildman–Crippen MR) is 70.3 cm³/mol. The van der Waals surface area contributed by atoms with Gasteiger partial charge in [0.2, 0.25) is 0 Å². The van der Waals surface area contributed by atoms with Gasteiger partial charge in [0.05, 0.1) is 5.69 Å². The van der Waals surface area contributed by atoms with Crippen LogP contribution in [0.1, 0.15) is 49.4 Å². The van der Waals surface area contributed by atoms with Gasteiger partial charge in [-0.05, 0) is 19.8 Å². The average Bonchev–Trinajstić information content (AvgIpc) is 2.99. The Morgan fingerprint density at radius 3 is 2.82 bits per heavy atom. The first-order chi connectivity index (χ1) is 8.34. The van der Waals surface area contributed by atoms with Gasteiger partial charge in [0.25, 0.3) is 0 Å². The van der Waals surface area contributed by atoms with E-state index in [9.17, 15) is 0 Å². The molecular formula is C13H17N3S. The molecule has 0 spiro atoms. The first-order valence-corrected chi connectivity index (χ1v) is 7.19. The highest BCUT2D eigenvalue weighted by Gasteiger charge is 2.21. The summed E-state index contributed by atoms with van der Waals surface area (Å²) in [7, 11) is 0. The van der Waals surface area contributed by atoms with Crippen molar-refractivity contribution in [2.45, 2.75) is 44.9 Å². The third kappa shape index (κ3) is 2.14. The van der Waals surface area contributed by atoms with E-state index < -0.39 is 0 Å². The zero-order chi connectivity index (χ0) is 11.7. The third-order valence-corrected chi connectivity index (χ3v) is 4.33. The maximum Gasteiger partial charge on any atom is 0.167 e. The van der Waals surface area contributed by atoms with E-state index in [4.69, 9.17) is 4.98 Å². The molecule has 0 aliphatic heterocycles. The van der Waals surface area contributed by atoms with Crippen LogP contribution in [0.3, 0.4) is 0 Å². The summed E-state index contributed by atoms with van der Waals surface area (Å²) in [5.41, 5.74) is 2.50. The lowest BCUT2D eigenvalue weighted by Gasteiger charge is -2.20. The van der Waals surface area contributed by atoms with E-state index >= 15 is 0 Å². The van der Waals surface area contributed by atoms with Crippen molar-refractivity contribution in [2.75, 3.05) is 0 Å². The van der Waals surface area contributed by atoms with Gasteiger partial charge in [-0.3, -0.25) is 0 Å². The fourth-order valence-electron chi connectivity index (χ4n) is 2.69. The smallest absolute Gasteiger partial charge is 0.167 e. The van der Waals surface area contributed by atoms with E-state index in [1.807, 2.05) is 11.6 Å². The van der Waals surface area contributed by atoms with E-state index in [1.54, 1.807) is 11.3 Å². The molecule has 90 valence electrons. The van der Waals surface area contributed by atoms with Gasteiger partial charge in [-0.2, -0.15) is 0 Å². The number of hydrogen-bond acceptors (Lipinski definition) is 3. The molecule has 2 heterocycles. The number of aromatic amines is 1. The molecule has 1 aliphatic carbocycles. The van der Waals surface area contributed by atoms with Gasteiger partial charge in [-0.25, -0.2) is 9.97 Å². The topological polar surface area (TPSA) is 41.6 Å². The first-order valence-electron chi connectivity index (χ1n) is 6.31. The number of aromatic nitrogens is 3. The highest BCUT2D eigenvalue weighted by atomic mass is 32.1. The lowest BCUT2D eigenvalue weighted by atomic mass is 9.86. The monoisotopic (exact) mass is 247 g/mol. The van der Waals surface area contributed by atoms with Crippen LogP contribution in [-0.2, 0) is 0 Å². The SMILES string of the molecule is Cc1[nH]c(-c2nccs2)nc1C1CCCCC1. The summed E-state index contributed by atoms with van der Waals surface area (Å²) in [6.45, 7) is 2.13. The lowest BCUT2D eigenvalue weighted by molar-refractivity contribution is 0.436. The normalized spacial score (nSPS) is 17.5. The summed E-state index contributed by atoms with van der Waals surface area (Å²) in [5.74, 6) is 1.60. The maximum absolute atomic E-state index is 4.77. The maximum atomic E-state index is 4.77. The fourth-order valence-corrected chi connectivity index (χ4v) is 3.27. The van der Waals surface area contributed by atoms with Gasteiger partial charge in [-0.1, -0.05) is 19.3 Å². The number of thiazole rings is 1. The molecule has 0 aromatic carbocycles. The van der Waals surface area contributed by atoms with Gasteiger partial charge < -0.3 is 4.98 Å². The Balaban J connectivity index is 1.90. The first kappa shape index (κ1) is 11.0. The number of aryl methyl sites for hydroxylation is 1. The second-order valence-electron chi connectivity index (χ2n) is 4.77. The Bertz CT molecular complexity index is 481. The Hall–Kier alpha value is -1.16. The van der Waals surface area contributed by atoms with Crippen molar-refractivity contribution in [1.29, 1.82) is 0 Å². The van der Waals surface area contributed by atoms with Gasteiger partial charge in [0.15, 0.2) is 10.8 Å². The number of rotatable bonds is 2. The molecule has 2 aromatic rings. The standard InChI is InChI=1S/C13H17N3S/c1-9-11(10-5-3-2-4-6-10)16-12(15-9)13-14-7-8-17-13/h7-8,10H,2-6H2,1H3,(H,15,16). The molecule has 3 nitrogen and oxygen atoms in total. The van der Waals surface area contributed by atoms with E-state index in [0.717, 1.165) is 10.8 Å². The molecule has 1 saturated carbocycles. The van der Waals surface area contributed by atoms with Crippen LogP contribution in [0.2, 0.25) is 0 Å². The Kier molecular flexibility index (Phi) is 2.97. The van der Waals surface area contributed by atoms with Crippen molar-refractivity contribution >= 4 is 11.3 Å². The number of nitrogens with zero attached hydrogens (tertiary/aromatic N) is 2. The number of imidazole rings is 1. The molecule has 0 unspecified atom stereocenters. The van der Waals surface area contributed by atoms with Gasteiger partial charge in [-0.15, -0.1) is 11.3 Å². The van der Waals surface area contributed by atoms with E-state index in [1.165, 1.54) is 43.5 Å². The Morgan fingerprint density at radius 1 is 1.29 bits per heavy atom. The molecule has 4 heteroatoms. The highest BCUT2D eigenvalue weighted by molar-refractivity contribution is 7.13. The Morgan fingerprint density at radius 2 is 2.12 bits per heavy atom. The summed E-state index contributed by atoms with van der Waals surface area (Å²) in [6.07, 6.45) is 8.51. The summed E-state index contributed by atoms with van der Waals surface area (Å²) in [5, 5.41) is 2.99. The molecule has 1 fully saturated rings.